The van der Waals surface area contributed by atoms with Gasteiger partial charge in [0.05, 0.1) is 11.7 Å². The Bertz CT molecular complexity index is 464. The normalized spacial score (nSPS) is 24.9. The van der Waals surface area contributed by atoms with Crippen molar-refractivity contribution in [2.24, 2.45) is 0 Å². The third-order valence-corrected chi connectivity index (χ3v) is 4.65. The van der Waals surface area contributed by atoms with Gasteiger partial charge in [-0.1, -0.05) is 19.3 Å². The summed E-state index contributed by atoms with van der Waals surface area (Å²) in [5.41, 5.74) is 1.61. The predicted octanol–water partition coefficient (Wildman–Crippen LogP) is 2.24. The molecule has 0 aromatic carbocycles. The maximum atomic E-state index is 12.2. The molecule has 1 saturated carbocycles. The molecule has 5 nitrogen and oxygen atoms in total. The van der Waals surface area contributed by atoms with Crippen LogP contribution in [0.4, 0.5) is 0 Å². The molecule has 0 spiro atoms. The number of amides is 1. The van der Waals surface area contributed by atoms with Crippen molar-refractivity contribution < 1.29 is 4.79 Å². The molecule has 1 aromatic rings. The molecule has 1 aliphatic carbocycles. The highest BCUT2D eigenvalue weighted by Gasteiger charge is 2.24. The number of rotatable bonds is 3. The molecule has 20 heavy (non-hydrogen) atoms. The zero-order valence-corrected chi connectivity index (χ0v) is 12.2. The van der Waals surface area contributed by atoms with Gasteiger partial charge in [0.2, 0.25) is 0 Å². The minimum atomic E-state index is -0.0298. The molecule has 0 unspecified atom stereocenters. The molecule has 0 bridgehead atoms. The number of nitrogens with zero attached hydrogens (tertiary/aromatic N) is 2. The van der Waals surface area contributed by atoms with Crippen LogP contribution < -0.4 is 5.32 Å². The number of aromatic amines is 1. The van der Waals surface area contributed by atoms with Gasteiger partial charge in [-0.3, -0.25) is 14.8 Å². The summed E-state index contributed by atoms with van der Waals surface area (Å²) >= 11 is 0. The highest BCUT2D eigenvalue weighted by Crippen LogP contribution is 2.28. The number of piperidine rings is 1. The predicted molar refractivity (Wildman–Crippen MR) is 77.5 cm³/mol. The van der Waals surface area contributed by atoms with Crippen LogP contribution >= 0.6 is 0 Å². The van der Waals surface area contributed by atoms with Gasteiger partial charge in [-0.15, -0.1) is 0 Å². The van der Waals surface area contributed by atoms with Gasteiger partial charge in [-0.25, -0.2) is 0 Å². The summed E-state index contributed by atoms with van der Waals surface area (Å²) in [7, 11) is 2.14. The smallest absolute Gasteiger partial charge is 0.271 e. The SMILES string of the molecule is CN1CCCC[C@H]1c1cc(C(=O)NC2CCCC2)n[nH]1. The van der Waals surface area contributed by atoms with E-state index in [0.717, 1.165) is 31.5 Å². The Balaban J connectivity index is 1.64. The molecule has 2 N–H and O–H groups in total. The third-order valence-electron chi connectivity index (χ3n) is 4.65. The molecule has 1 saturated heterocycles. The zero-order chi connectivity index (χ0) is 13.9. The number of H-pyrrole nitrogens is 1. The van der Waals surface area contributed by atoms with E-state index in [1.807, 2.05) is 6.07 Å². The topological polar surface area (TPSA) is 61.0 Å². The number of hydrogen-bond donors (Lipinski definition) is 2. The molecule has 1 aliphatic heterocycles. The van der Waals surface area contributed by atoms with E-state index in [4.69, 9.17) is 0 Å². The first-order chi connectivity index (χ1) is 9.74. The van der Waals surface area contributed by atoms with Crippen LogP contribution in [0.2, 0.25) is 0 Å². The van der Waals surface area contributed by atoms with E-state index >= 15 is 0 Å². The average Bonchev–Trinajstić information content (AvgIpc) is 3.10. The van der Waals surface area contributed by atoms with E-state index in [1.165, 1.54) is 25.7 Å². The van der Waals surface area contributed by atoms with Crippen molar-refractivity contribution in [2.75, 3.05) is 13.6 Å². The number of carbonyl (C=O) groups excluding carboxylic acids is 1. The molecule has 3 rings (SSSR count). The lowest BCUT2D eigenvalue weighted by atomic mass is 10.00. The highest BCUT2D eigenvalue weighted by atomic mass is 16.2. The van der Waals surface area contributed by atoms with Gasteiger partial charge in [0, 0.05) is 6.04 Å². The van der Waals surface area contributed by atoms with Crippen LogP contribution in [-0.4, -0.2) is 40.6 Å². The number of aromatic nitrogens is 2. The average molecular weight is 276 g/mol. The monoisotopic (exact) mass is 276 g/mol. The van der Waals surface area contributed by atoms with Crippen molar-refractivity contribution in [3.8, 4) is 0 Å². The number of hydrogen-bond acceptors (Lipinski definition) is 3. The van der Waals surface area contributed by atoms with Gasteiger partial charge < -0.3 is 5.32 Å². The van der Waals surface area contributed by atoms with Gasteiger partial charge in [0.25, 0.3) is 5.91 Å². The molecule has 5 heteroatoms. The summed E-state index contributed by atoms with van der Waals surface area (Å²) in [5, 5.41) is 10.4. The van der Waals surface area contributed by atoms with Gasteiger partial charge in [-0.2, -0.15) is 5.10 Å². The summed E-state index contributed by atoms with van der Waals surface area (Å²) in [4.78, 5) is 14.5. The van der Waals surface area contributed by atoms with E-state index in [0.29, 0.717) is 17.8 Å². The second-order valence-corrected chi connectivity index (χ2v) is 6.16. The standard InChI is InChI=1S/C15H24N4O/c1-19-9-5-4-8-14(19)12-10-13(18-17-12)15(20)16-11-6-2-3-7-11/h10-11,14H,2-9H2,1H3,(H,16,20)(H,17,18)/t14-/m0/s1. The van der Waals surface area contributed by atoms with Crippen LogP contribution in [0.15, 0.2) is 6.07 Å². The van der Waals surface area contributed by atoms with Crippen molar-refractivity contribution in [3.05, 3.63) is 17.5 Å². The fourth-order valence-corrected chi connectivity index (χ4v) is 3.42. The van der Waals surface area contributed by atoms with Crippen LogP contribution in [0.5, 0.6) is 0 Å². The maximum Gasteiger partial charge on any atom is 0.271 e. The molecular formula is C15H24N4O. The second kappa shape index (κ2) is 5.95. The van der Waals surface area contributed by atoms with Crippen LogP contribution in [0.1, 0.15) is 67.2 Å². The molecule has 1 aromatic heterocycles. The van der Waals surface area contributed by atoms with Crippen LogP contribution in [0, 0.1) is 0 Å². The lowest BCUT2D eigenvalue weighted by Crippen LogP contribution is -2.32. The summed E-state index contributed by atoms with van der Waals surface area (Å²) in [6, 6.07) is 2.65. The van der Waals surface area contributed by atoms with Crippen molar-refractivity contribution in [3.63, 3.8) is 0 Å². The summed E-state index contributed by atoms with van der Waals surface area (Å²) in [5.74, 6) is -0.0298. The number of likely N-dealkylation sites (tertiary alicyclic amines) is 1. The largest absolute Gasteiger partial charge is 0.348 e. The van der Waals surface area contributed by atoms with Gasteiger partial charge in [0.15, 0.2) is 0 Å². The fourth-order valence-electron chi connectivity index (χ4n) is 3.42. The molecule has 0 radical (unpaired) electrons. The Hall–Kier alpha value is -1.36. The lowest BCUT2D eigenvalue weighted by Gasteiger charge is -2.31. The Morgan fingerprint density at radius 1 is 1.30 bits per heavy atom. The first-order valence-electron chi connectivity index (χ1n) is 7.80. The Morgan fingerprint density at radius 2 is 2.05 bits per heavy atom. The Labute approximate surface area is 120 Å². The summed E-state index contributed by atoms with van der Waals surface area (Å²) in [6.07, 6.45) is 8.31. The second-order valence-electron chi connectivity index (χ2n) is 6.16. The van der Waals surface area contributed by atoms with Crippen molar-refractivity contribution >= 4 is 5.91 Å². The quantitative estimate of drug-likeness (QED) is 0.890. The first-order valence-corrected chi connectivity index (χ1v) is 7.80. The van der Waals surface area contributed by atoms with Gasteiger partial charge in [0.1, 0.15) is 5.69 Å². The molecule has 110 valence electrons. The number of carbonyl (C=O) groups is 1. The van der Waals surface area contributed by atoms with E-state index in [1.54, 1.807) is 0 Å². The molecular weight excluding hydrogens is 252 g/mol. The molecule has 2 aliphatic rings. The van der Waals surface area contributed by atoms with Crippen LogP contribution in [-0.2, 0) is 0 Å². The van der Waals surface area contributed by atoms with Gasteiger partial charge in [-0.05, 0) is 45.3 Å². The molecule has 1 amide bonds. The molecule has 1 atom stereocenters. The van der Waals surface area contributed by atoms with E-state index < -0.39 is 0 Å². The number of nitrogens with one attached hydrogen (secondary N) is 2. The summed E-state index contributed by atoms with van der Waals surface area (Å²) in [6.45, 7) is 1.12. The Kier molecular flexibility index (Phi) is 4.05. The fraction of sp³-hybridized carbons (Fsp3) is 0.733. The molecule has 2 fully saturated rings. The lowest BCUT2D eigenvalue weighted by molar-refractivity contribution is 0.0933. The van der Waals surface area contributed by atoms with E-state index in [9.17, 15) is 4.79 Å². The summed E-state index contributed by atoms with van der Waals surface area (Å²) < 4.78 is 0. The highest BCUT2D eigenvalue weighted by molar-refractivity contribution is 5.92. The minimum Gasteiger partial charge on any atom is -0.348 e. The molecule has 2 heterocycles. The third kappa shape index (κ3) is 2.87. The van der Waals surface area contributed by atoms with Crippen LogP contribution in [0.25, 0.3) is 0 Å². The minimum absolute atomic E-state index is 0.0298. The maximum absolute atomic E-state index is 12.2. The van der Waals surface area contributed by atoms with Crippen molar-refractivity contribution in [1.82, 2.24) is 20.4 Å². The van der Waals surface area contributed by atoms with E-state index in [2.05, 4.69) is 27.5 Å². The van der Waals surface area contributed by atoms with Crippen LogP contribution in [0.3, 0.4) is 0 Å². The zero-order valence-electron chi connectivity index (χ0n) is 12.2. The first kappa shape index (κ1) is 13.6. The Morgan fingerprint density at radius 3 is 2.80 bits per heavy atom. The van der Waals surface area contributed by atoms with Crippen molar-refractivity contribution in [2.45, 2.75) is 57.0 Å². The van der Waals surface area contributed by atoms with Gasteiger partial charge >= 0.3 is 0 Å². The van der Waals surface area contributed by atoms with E-state index in [-0.39, 0.29) is 5.91 Å². The van der Waals surface area contributed by atoms with Crippen molar-refractivity contribution in [1.29, 1.82) is 0 Å².